The quantitative estimate of drug-likeness (QED) is 0.693. The minimum absolute atomic E-state index is 0.0699. The van der Waals surface area contributed by atoms with E-state index in [0.29, 0.717) is 5.82 Å². The topological polar surface area (TPSA) is 109 Å². The van der Waals surface area contributed by atoms with E-state index < -0.39 is 0 Å². The van der Waals surface area contributed by atoms with E-state index in [1.807, 2.05) is 38.1 Å². The van der Waals surface area contributed by atoms with Crippen LogP contribution in [0.25, 0.3) is 0 Å². The summed E-state index contributed by atoms with van der Waals surface area (Å²) in [6, 6.07) is 7.48. The number of nitrogens with zero attached hydrogens (tertiary/aromatic N) is 2. The first-order valence-corrected chi connectivity index (χ1v) is 10.1. The van der Waals surface area contributed by atoms with Crippen LogP contribution >= 0.6 is 0 Å². The van der Waals surface area contributed by atoms with Crippen molar-refractivity contribution in [2.75, 3.05) is 5.32 Å². The Morgan fingerprint density at radius 2 is 2.14 bits per heavy atom. The summed E-state index contributed by atoms with van der Waals surface area (Å²) in [5, 5.41) is 13.0. The largest absolute Gasteiger partial charge is 0.446 e. The fraction of sp³-hybridized carbons (Fsp3) is 0.524. The Balaban J connectivity index is 1.26. The summed E-state index contributed by atoms with van der Waals surface area (Å²) in [6.07, 6.45) is 4.32. The third-order valence-corrected chi connectivity index (χ3v) is 5.65. The maximum atomic E-state index is 12.2. The minimum atomic E-state index is -0.321. The molecule has 2 aromatic heterocycles. The highest BCUT2D eigenvalue weighted by Crippen LogP contribution is 2.37. The van der Waals surface area contributed by atoms with E-state index >= 15 is 0 Å². The van der Waals surface area contributed by atoms with Gasteiger partial charge >= 0.3 is 6.09 Å². The molecule has 2 fully saturated rings. The zero-order chi connectivity index (χ0) is 20.4. The van der Waals surface area contributed by atoms with Gasteiger partial charge in [-0.1, -0.05) is 6.07 Å². The van der Waals surface area contributed by atoms with Crippen LogP contribution in [0.4, 0.5) is 10.6 Å². The Morgan fingerprint density at radius 1 is 1.31 bits per heavy atom. The van der Waals surface area contributed by atoms with Gasteiger partial charge in [0.1, 0.15) is 6.10 Å². The zero-order valence-electron chi connectivity index (χ0n) is 16.8. The van der Waals surface area contributed by atoms with Gasteiger partial charge in [0.05, 0.1) is 6.42 Å². The molecule has 0 bridgehead atoms. The predicted molar refractivity (Wildman–Crippen MR) is 108 cm³/mol. The lowest BCUT2D eigenvalue weighted by molar-refractivity contribution is -0.115. The monoisotopic (exact) mass is 397 g/mol. The molecule has 2 heterocycles. The summed E-state index contributed by atoms with van der Waals surface area (Å²) >= 11 is 0. The number of aromatic amines is 1. The van der Waals surface area contributed by atoms with E-state index in [0.717, 1.165) is 49.2 Å². The van der Waals surface area contributed by atoms with Gasteiger partial charge in [0, 0.05) is 34.6 Å². The number of carbonyl (C=O) groups is 2. The number of amides is 2. The van der Waals surface area contributed by atoms with Crippen LogP contribution in [0.1, 0.15) is 62.0 Å². The van der Waals surface area contributed by atoms with Crippen molar-refractivity contribution in [3.63, 3.8) is 0 Å². The molecule has 0 saturated heterocycles. The number of carbonyl (C=O) groups excluding carboxylic acids is 2. The molecule has 0 unspecified atom stereocenters. The second-order valence-electron chi connectivity index (χ2n) is 8.43. The van der Waals surface area contributed by atoms with Gasteiger partial charge in [-0.05, 0) is 58.1 Å². The van der Waals surface area contributed by atoms with Crippen LogP contribution in [0.5, 0.6) is 0 Å². The highest BCUT2D eigenvalue weighted by Gasteiger charge is 2.40. The number of aryl methyl sites for hydroxylation is 1. The van der Waals surface area contributed by atoms with Gasteiger partial charge in [-0.15, -0.1) is 0 Å². The van der Waals surface area contributed by atoms with Crippen LogP contribution in [0, 0.1) is 6.92 Å². The van der Waals surface area contributed by atoms with Gasteiger partial charge in [-0.2, -0.15) is 5.10 Å². The number of alkyl carbamates (subject to hydrolysis) is 1. The van der Waals surface area contributed by atoms with Crippen molar-refractivity contribution in [2.24, 2.45) is 0 Å². The molecule has 0 spiro atoms. The zero-order valence-corrected chi connectivity index (χ0v) is 16.8. The van der Waals surface area contributed by atoms with Crippen molar-refractivity contribution in [2.45, 2.75) is 69.9 Å². The number of nitrogens with one attached hydrogen (secondary N) is 3. The fourth-order valence-electron chi connectivity index (χ4n) is 3.73. The van der Waals surface area contributed by atoms with Gasteiger partial charge in [0.25, 0.3) is 0 Å². The summed E-state index contributed by atoms with van der Waals surface area (Å²) in [4.78, 5) is 28.6. The second kappa shape index (κ2) is 7.85. The molecule has 8 nitrogen and oxygen atoms in total. The maximum absolute atomic E-state index is 12.2. The Bertz CT molecular complexity index is 905. The SMILES string of the molecule is Cc1cccc(CC(=O)Nc2cc([C@H]3CC[C@@H](OC(=O)NC4(C)CC4)C3)[nH]n2)n1. The van der Waals surface area contributed by atoms with Gasteiger partial charge in [0.15, 0.2) is 5.82 Å². The number of anilines is 1. The van der Waals surface area contributed by atoms with Crippen LogP contribution in [0.2, 0.25) is 0 Å². The fourth-order valence-corrected chi connectivity index (χ4v) is 3.73. The number of H-pyrrole nitrogens is 1. The number of aromatic nitrogens is 3. The van der Waals surface area contributed by atoms with Crippen LogP contribution in [0.15, 0.2) is 24.3 Å². The van der Waals surface area contributed by atoms with Crippen LogP contribution in [0.3, 0.4) is 0 Å². The van der Waals surface area contributed by atoms with Gasteiger partial charge in [-0.25, -0.2) is 4.79 Å². The second-order valence-corrected chi connectivity index (χ2v) is 8.43. The smallest absolute Gasteiger partial charge is 0.407 e. The summed E-state index contributed by atoms with van der Waals surface area (Å²) in [5.74, 6) is 0.585. The molecule has 3 N–H and O–H groups in total. The molecule has 2 aliphatic carbocycles. The highest BCUT2D eigenvalue weighted by molar-refractivity contribution is 5.91. The van der Waals surface area contributed by atoms with Crippen molar-refractivity contribution in [3.8, 4) is 0 Å². The molecule has 2 amide bonds. The summed E-state index contributed by atoms with van der Waals surface area (Å²) in [5.41, 5.74) is 2.50. The third kappa shape index (κ3) is 5.13. The number of pyridine rings is 1. The van der Waals surface area contributed by atoms with Crippen molar-refractivity contribution in [1.82, 2.24) is 20.5 Å². The lowest BCUT2D eigenvalue weighted by atomic mass is 10.0. The average molecular weight is 397 g/mol. The molecule has 0 aromatic carbocycles. The number of hydrogen-bond donors (Lipinski definition) is 3. The minimum Gasteiger partial charge on any atom is -0.446 e. The molecule has 2 aromatic rings. The van der Waals surface area contributed by atoms with E-state index in [1.54, 1.807) is 0 Å². The first-order chi connectivity index (χ1) is 13.9. The summed E-state index contributed by atoms with van der Waals surface area (Å²) < 4.78 is 5.57. The van der Waals surface area contributed by atoms with E-state index in [-0.39, 0.29) is 36.0 Å². The predicted octanol–water partition coefficient (Wildman–Crippen LogP) is 3.21. The molecule has 154 valence electrons. The van der Waals surface area contributed by atoms with Crippen molar-refractivity contribution < 1.29 is 14.3 Å². The van der Waals surface area contributed by atoms with Crippen molar-refractivity contribution in [3.05, 3.63) is 41.3 Å². The first-order valence-electron chi connectivity index (χ1n) is 10.1. The van der Waals surface area contributed by atoms with E-state index in [4.69, 9.17) is 4.74 Å². The molecule has 0 aliphatic heterocycles. The molecule has 2 aliphatic rings. The molecule has 29 heavy (non-hydrogen) atoms. The van der Waals surface area contributed by atoms with Crippen molar-refractivity contribution >= 4 is 17.8 Å². The lowest BCUT2D eigenvalue weighted by Gasteiger charge is -2.16. The Labute approximate surface area is 169 Å². The molecule has 2 saturated carbocycles. The van der Waals surface area contributed by atoms with Gasteiger partial charge in [0.2, 0.25) is 5.91 Å². The third-order valence-electron chi connectivity index (χ3n) is 5.65. The van der Waals surface area contributed by atoms with Crippen molar-refractivity contribution in [1.29, 1.82) is 0 Å². The van der Waals surface area contributed by atoms with E-state index in [9.17, 15) is 9.59 Å². The number of hydrogen-bond acceptors (Lipinski definition) is 5. The molecule has 0 radical (unpaired) electrons. The van der Waals surface area contributed by atoms with Crippen LogP contribution in [-0.4, -0.2) is 38.8 Å². The molecule has 2 atom stereocenters. The molecule has 4 rings (SSSR count). The van der Waals surface area contributed by atoms with E-state index in [1.165, 1.54) is 0 Å². The Morgan fingerprint density at radius 3 is 2.90 bits per heavy atom. The maximum Gasteiger partial charge on any atom is 0.407 e. The van der Waals surface area contributed by atoms with Crippen LogP contribution < -0.4 is 10.6 Å². The molecular weight excluding hydrogens is 370 g/mol. The number of ether oxygens (including phenoxy) is 1. The summed E-state index contributed by atoms with van der Waals surface area (Å²) in [7, 11) is 0. The number of rotatable bonds is 6. The standard InChI is InChI=1S/C21H27N5O3/c1-13-4-3-5-15(22-13)11-19(27)23-18-12-17(25-26-18)14-6-7-16(10-14)29-20(28)24-21(2)8-9-21/h3-5,12,14,16H,6-11H2,1-2H3,(H,24,28)(H2,23,25,26,27)/t14-,16+/m0/s1. The average Bonchev–Trinajstić information content (AvgIpc) is 3.05. The van der Waals surface area contributed by atoms with E-state index in [2.05, 4.69) is 25.8 Å². The first kappa shape index (κ1) is 19.4. The Kier molecular flexibility index (Phi) is 5.25. The lowest BCUT2D eigenvalue weighted by Crippen LogP contribution is -2.36. The normalized spacial score (nSPS) is 22.1. The highest BCUT2D eigenvalue weighted by atomic mass is 16.6. The van der Waals surface area contributed by atoms with Crippen LogP contribution in [-0.2, 0) is 16.0 Å². The Hall–Kier alpha value is -2.90. The molecular formula is C21H27N5O3. The molecule has 8 heteroatoms. The van der Waals surface area contributed by atoms with Gasteiger partial charge in [-0.3, -0.25) is 14.9 Å². The van der Waals surface area contributed by atoms with Gasteiger partial charge < -0.3 is 15.4 Å². The summed E-state index contributed by atoms with van der Waals surface area (Å²) in [6.45, 7) is 3.93.